The van der Waals surface area contributed by atoms with Gasteiger partial charge < -0.3 is 9.47 Å². The number of hydrogen-bond acceptors (Lipinski definition) is 2. The maximum absolute atomic E-state index is 5.97. The molecule has 0 spiro atoms. The molecule has 0 bridgehead atoms. The Kier molecular flexibility index (Phi) is 2.81. The first-order valence-electron chi connectivity index (χ1n) is 5.42. The lowest BCUT2D eigenvalue weighted by atomic mass is 9.89. The van der Waals surface area contributed by atoms with Gasteiger partial charge in [0.15, 0.2) is 6.29 Å². The van der Waals surface area contributed by atoms with Crippen molar-refractivity contribution in [3.63, 3.8) is 0 Å². The van der Waals surface area contributed by atoms with Gasteiger partial charge in [-0.2, -0.15) is 0 Å². The highest BCUT2D eigenvalue weighted by Gasteiger charge is 2.42. The predicted molar refractivity (Wildman–Crippen MR) is 59.5 cm³/mol. The molecule has 3 unspecified atom stereocenters. The quantitative estimate of drug-likeness (QED) is 0.740. The van der Waals surface area contributed by atoms with Crippen molar-refractivity contribution in [3.8, 4) is 0 Å². The van der Waals surface area contributed by atoms with E-state index >= 15 is 0 Å². The number of rotatable bonds is 2. The SMILES string of the molecule is COC1OC(C)(c2ccccc2)CC1C. The third-order valence-corrected chi connectivity index (χ3v) is 3.17. The first-order valence-corrected chi connectivity index (χ1v) is 5.42. The first kappa shape index (κ1) is 10.7. The predicted octanol–water partition coefficient (Wildman–Crippen LogP) is 2.93. The Morgan fingerprint density at radius 2 is 2.00 bits per heavy atom. The van der Waals surface area contributed by atoms with Gasteiger partial charge in [0.1, 0.15) is 0 Å². The van der Waals surface area contributed by atoms with Crippen LogP contribution in [0, 0.1) is 5.92 Å². The molecule has 0 aromatic heterocycles. The fourth-order valence-electron chi connectivity index (χ4n) is 2.39. The molecule has 1 aliphatic heterocycles. The highest BCUT2D eigenvalue weighted by atomic mass is 16.7. The average molecular weight is 206 g/mol. The van der Waals surface area contributed by atoms with Crippen LogP contribution in [0.1, 0.15) is 25.8 Å². The van der Waals surface area contributed by atoms with Crippen LogP contribution in [-0.2, 0) is 15.1 Å². The smallest absolute Gasteiger partial charge is 0.161 e. The van der Waals surface area contributed by atoms with E-state index in [4.69, 9.17) is 9.47 Å². The fraction of sp³-hybridized carbons (Fsp3) is 0.538. The van der Waals surface area contributed by atoms with Crippen molar-refractivity contribution in [2.45, 2.75) is 32.2 Å². The van der Waals surface area contributed by atoms with E-state index in [1.54, 1.807) is 7.11 Å². The van der Waals surface area contributed by atoms with Crippen molar-refractivity contribution in [1.29, 1.82) is 0 Å². The summed E-state index contributed by atoms with van der Waals surface area (Å²) in [5, 5.41) is 0. The van der Waals surface area contributed by atoms with Gasteiger partial charge in [-0.1, -0.05) is 37.3 Å². The Morgan fingerprint density at radius 3 is 2.53 bits per heavy atom. The molecule has 1 saturated heterocycles. The van der Waals surface area contributed by atoms with Gasteiger partial charge in [0.25, 0.3) is 0 Å². The van der Waals surface area contributed by atoms with Gasteiger partial charge in [-0.25, -0.2) is 0 Å². The lowest BCUT2D eigenvalue weighted by Crippen LogP contribution is -2.23. The van der Waals surface area contributed by atoms with E-state index in [0.717, 1.165) is 6.42 Å². The van der Waals surface area contributed by atoms with E-state index < -0.39 is 0 Å². The maximum Gasteiger partial charge on any atom is 0.161 e. The van der Waals surface area contributed by atoms with Gasteiger partial charge in [-0.15, -0.1) is 0 Å². The second-order valence-electron chi connectivity index (χ2n) is 4.50. The van der Waals surface area contributed by atoms with Crippen molar-refractivity contribution < 1.29 is 9.47 Å². The molecular formula is C13H18O2. The molecule has 1 aromatic carbocycles. The van der Waals surface area contributed by atoms with E-state index in [0.29, 0.717) is 5.92 Å². The summed E-state index contributed by atoms with van der Waals surface area (Å²) < 4.78 is 11.3. The molecule has 0 radical (unpaired) electrons. The summed E-state index contributed by atoms with van der Waals surface area (Å²) in [7, 11) is 1.71. The topological polar surface area (TPSA) is 18.5 Å². The number of ether oxygens (including phenoxy) is 2. The standard InChI is InChI=1S/C13H18O2/c1-10-9-13(2,15-12(10)14-3)11-7-5-4-6-8-11/h4-8,10,12H,9H2,1-3H3. The summed E-state index contributed by atoms with van der Waals surface area (Å²) in [5.74, 6) is 0.445. The van der Waals surface area contributed by atoms with E-state index in [-0.39, 0.29) is 11.9 Å². The molecular weight excluding hydrogens is 188 g/mol. The van der Waals surface area contributed by atoms with Gasteiger partial charge >= 0.3 is 0 Å². The zero-order valence-corrected chi connectivity index (χ0v) is 9.57. The molecule has 1 aliphatic rings. The van der Waals surface area contributed by atoms with Crippen LogP contribution in [-0.4, -0.2) is 13.4 Å². The van der Waals surface area contributed by atoms with Crippen LogP contribution in [0.25, 0.3) is 0 Å². The highest BCUT2D eigenvalue weighted by Crippen LogP contribution is 2.42. The lowest BCUT2D eigenvalue weighted by Gasteiger charge is -2.24. The van der Waals surface area contributed by atoms with Crippen molar-refractivity contribution in [1.82, 2.24) is 0 Å². The lowest BCUT2D eigenvalue weighted by molar-refractivity contribution is -0.162. The highest BCUT2D eigenvalue weighted by molar-refractivity contribution is 5.23. The van der Waals surface area contributed by atoms with Crippen molar-refractivity contribution in [2.75, 3.05) is 7.11 Å². The summed E-state index contributed by atoms with van der Waals surface area (Å²) in [6.07, 6.45) is 0.936. The van der Waals surface area contributed by atoms with E-state index in [9.17, 15) is 0 Å². The third kappa shape index (κ3) is 1.92. The number of hydrogen-bond donors (Lipinski definition) is 0. The molecule has 82 valence electrons. The molecule has 1 fully saturated rings. The zero-order chi connectivity index (χ0) is 10.9. The van der Waals surface area contributed by atoms with Crippen molar-refractivity contribution in [2.24, 2.45) is 5.92 Å². The second-order valence-corrected chi connectivity index (χ2v) is 4.50. The molecule has 15 heavy (non-hydrogen) atoms. The zero-order valence-electron chi connectivity index (χ0n) is 9.57. The van der Waals surface area contributed by atoms with Crippen molar-refractivity contribution >= 4 is 0 Å². The van der Waals surface area contributed by atoms with Crippen LogP contribution in [0.2, 0.25) is 0 Å². The average Bonchev–Trinajstić information content (AvgIpc) is 2.56. The van der Waals surface area contributed by atoms with Crippen LogP contribution in [0.5, 0.6) is 0 Å². The van der Waals surface area contributed by atoms with Crippen LogP contribution in [0.15, 0.2) is 30.3 Å². The van der Waals surface area contributed by atoms with Crippen LogP contribution in [0.3, 0.4) is 0 Å². The first-order chi connectivity index (χ1) is 7.15. The van der Waals surface area contributed by atoms with Gasteiger partial charge in [0.05, 0.1) is 5.60 Å². The third-order valence-electron chi connectivity index (χ3n) is 3.17. The molecule has 1 heterocycles. The minimum absolute atomic E-state index is 0.0739. The normalized spacial score (nSPS) is 35.7. The summed E-state index contributed by atoms with van der Waals surface area (Å²) in [5.41, 5.74) is 1.04. The Bertz CT molecular complexity index is 323. The van der Waals surface area contributed by atoms with E-state index in [1.807, 2.05) is 6.07 Å². The summed E-state index contributed by atoms with van der Waals surface area (Å²) >= 11 is 0. The van der Waals surface area contributed by atoms with Crippen LogP contribution < -0.4 is 0 Å². The molecule has 2 nitrogen and oxygen atoms in total. The fourth-order valence-corrected chi connectivity index (χ4v) is 2.39. The maximum atomic E-state index is 5.97. The van der Waals surface area contributed by atoms with Gasteiger partial charge in [0, 0.05) is 13.0 Å². The second kappa shape index (κ2) is 3.95. The molecule has 2 rings (SSSR count). The molecule has 0 saturated carbocycles. The van der Waals surface area contributed by atoms with Crippen LogP contribution in [0.4, 0.5) is 0 Å². The minimum atomic E-state index is -0.193. The molecule has 0 N–H and O–H groups in total. The number of benzene rings is 1. The summed E-state index contributed by atoms with van der Waals surface area (Å²) in [4.78, 5) is 0. The Balaban J connectivity index is 2.23. The summed E-state index contributed by atoms with van der Waals surface area (Å²) in [6.45, 7) is 4.31. The largest absolute Gasteiger partial charge is 0.356 e. The molecule has 0 aliphatic carbocycles. The minimum Gasteiger partial charge on any atom is -0.356 e. The molecule has 0 amide bonds. The molecule has 2 heteroatoms. The van der Waals surface area contributed by atoms with Gasteiger partial charge in [0.2, 0.25) is 0 Å². The molecule has 1 aromatic rings. The van der Waals surface area contributed by atoms with Crippen LogP contribution >= 0.6 is 0 Å². The Morgan fingerprint density at radius 1 is 1.33 bits per heavy atom. The Hall–Kier alpha value is -0.860. The van der Waals surface area contributed by atoms with E-state index in [1.165, 1.54) is 5.56 Å². The monoisotopic (exact) mass is 206 g/mol. The van der Waals surface area contributed by atoms with Gasteiger partial charge in [-0.05, 0) is 18.9 Å². The molecule has 3 atom stereocenters. The van der Waals surface area contributed by atoms with Gasteiger partial charge in [-0.3, -0.25) is 0 Å². The number of methoxy groups -OCH3 is 1. The van der Waals surface area contributed by atoms with E-state index in [2.05, 4.69) is 38.1 Å². The Labute approximate surface area is 91.2 Å². The summed E-state index contributed by atoms with van der Waals surface area (Å²) in [6, 6.07) is 10.4. The van der Waals surface area contributed by atoms with Crippen molar-refractivity contribution in [3.05, 3.63) is 35.9 Å².